The highest BCUT2D eigenvalue weighted by molar-refractivity contribution is 5.98. The van der Waals surface area contributed by atoms with Gasteiger partial charge in [0.25, 0.3) is 0 Å². The van der Waals surface area contributed by atoms with E-state index in [-0.39, 0.29) is 0 Å². The molecule has 0 radical (unpaired) electrons. The molecular weight excluding hydrogens is 230 g/mol. The molecule has 0 bridgehead atoms. The Bertz CT molecular complexity index is 689. The molecule has 0 atom stereocenters. The highest BCUT2D eigenvalue weighted by atomic mass is 15.3. The van der Waals surface area contributed by atoms with Crippen molar-refractivity contribution in [2.24, 2.45) is 5.84 Å². The van der Waals surface area contributed by atoms with E-state index in [4.69, 9.17) is 11.6 Å². The Kier molecular flexibility index (Phi) is 2.31. The van der Waals surface area contributed by atoms with Gasteiger partial charge in [-0.1, -0.05) is 30.3 Å². The summed E-state index contributed by atoms with van der Waals surface area (Å²) in [5.74, 6) is 6.09. The Balaban J connectivity index is 2.35. The second kappa shape index (κ2) is 3.97. The van der Waals surface area contributed by atoms with E-state index in [0.717, 1.165) is 5.56 Å². The van der Waals surface area contributed by atoms with Crippen LogP contribution in [0.5, 0.6) is 0 Å². The number of aromatic amines is 1. The van der Waals surface area contributed by atoms with Gasteiger partial charge in [0.2, 0.25) is 5.95 Å². The van der Waals surface area contributed by atoms with E-state index in [1.807, 2.05) is 30.3 Å². The molecule has 1 aromatic carbocycles. The van der Waals surface area contributed by atoms with Crippen molar-refractivity contribution in [1.82, 2.24) is 20.2 Å². The van der Waals surface area contributed by atoms with Crippen LogP contribution in [-0.4, -0.2) is 20.2 Å². The van der Waals surface area contributed by atoms with Crippen molar-refractivity contribution in [3.8, 4) is 11.3 Å². The van der Waals surface area contributed by atoms with Crippen molar-refractivity contribution in [2.45, 2.75) is 0 Å². The molecule has 0 amide bonds. The van der Waals surface area contributed by atoms with Crippen LogP contribution in [0, 0.1) is 0 Å². The first-order valence-electron chi connectivity index (χ1n) is 5.33. The Morgan fingerprint density at radius 2 is 1.89 bits per heavy atom. The lowest BCUT2D eigenvalue weighted by Gasteiger charge is -2.05. The molecule has 0 spiro atoms. The van der Waals surface area contributed by atoms with Gasteiger partial charge in [-0.05, 0) is 0 Å². The lowest BCUT2D eigenvalue weighted by atomic mass is 10.1. The summed E-state index contributed by atoms with van der Waals surface area (Å²) in [5, 5.41) is 7.41. The number of hydrazine groups is 1. The minimum atomic E-state index is 0.299. The maximum Gasteiger partial charge on any atom is 0.239 e. The molecule has 0 aliphatic heterocycles. The number of anilines is 2. The number of rotatable bonds is 2. The van der Waals surface area contributed by atoms with Gasteiger partial charge in [-0.25, -0.2) is 10.8 Å². The van der Waals surface area contributed by atoms with E-state index in [9.17, 15) is 0 Å². The zero-order valence-electron chi connectivity index (χ0n) is 9.38. The first-order valence-corrected chi connectivity index (χ1v) is 5.33. The third kappa shape index (κ3) is 1.54. The Morgan fingerprint density at radius 1 is 1.11 bits per heavy atom. The van der Waals surface area contributed by atoms with E-state index in [2.05, 4.69) is 25.6 Å². The maximum absolute atomic E-state index is 5.86. The molecule has 0 fully saturated rings. The number of nitrogens with zero attached hydrogens (tertiary/aromatic N) is 3. The summed E-state index contributed by atoms with van der Waals surface area (Å²) in [6.07, 6.45) is 0. The van der Waals surface area contributed by atoms with Crippen LogP contribution in [0.25, 0.3) is 22.3 Å². The molecule has 18 heavy (non-hydrogen) atoms. The Labute approximate surface area is 102 Å². The lowest BCUT2D eigenvalue weighted by Crippen LogP contribution is -2.11. The smallest absolute Gasteiger partial charge is 0.239 e. The van der Waals surface area contributed by atoms with E-state index < -0.39 is 0 Å². The van der Waals surface area contributed by atoms with Gasteiger partial charge >= 0.3 is 0 Å². The number of hydrogen-bond acceptors (Lipinski definition) is 6. The minimum Gasteiger partial charge on any atom is -0.383 e. The average molecular weight is 241 g/mol. The molecule has 0 saturated heterocycles. The molecule has 3 rings (SSSR count). The second-order valence-corrected chi connectivity index (χ2v) is 3.74. The summed E-state index contributed by atoms with van der Waals surface area (Å²) in [4.78, 5) is 8.47. The van der Waals surface area contributed by atoms with Gasteiger partial charge in [0, 0.05) is 5.56 Å². The van der Waals surface area contributed by atoms with Gasteiger partial charge in [0.15, 0.2) is 5.65 Å². The molecule has 0 unspecified atom stereocenters. The number of hydrogen-bond donors (Lipinski definition) is 4. The summed E-state index contributed by atoms with van der Waals surface area (Å²) in [6, 6.07) is 9.66. The minimum absolute atomic E-state index is 0.299. The molecule has 6 N–H and O–H groups in total. The second-order valence-electron chi connectivity index (χ2n) is 3.74. The molecule has 0 saturated carbocycles. The predicted octanol–water partition coefficient (Wildman–Crippen LogP) is 0.888. The maximum atomic E-state index is 5.86. The molecule has 7 heteroatoms. The van der Waals surface area contributed by atoms with Gasteiger partial charge in [-0.15, -0.1) is 0 Å². The molecule has 0 aliphatic carbocycles. The van der Waals surface area contributed by atoms with E-state index >= 15 is 0 Å². The summed E-state index contributed by atoms with van der Waals surface area (Å²) in [7, 11) is 0. The number of nitrogens with one attached hydrogen (secondary N) is 2. The monoisotopic (exact) mass is 241 g/mol. The van der Waals surface area contributed by atoms with Gasteiger partial charge in [0.1, 0.15) is 5.82 Å². The number of fused-ring (bicyclic) bond motifs is 1. The number of H-pyrrole nitrogens is 1. The summed E-state index contributed by atoms with van der Waals surface area (Å²) in [6.45, 7) is 0. The summed E-state index contributed by atoms with van der Waals surface area (Å²) >= 11 is 0. The number of nitrogens with two attached hydrogens (primary N) is 2. The largest absolute Gasteiger partial charge is 0.383 e. The van der Waals surface area contributed by atoms with Crippen molar-refractivity contribution >= 4 is 22.8 Å². The zero-order chi connectivity index (χ0) is 12.5. The van der Waals surface area contributed by atoms with E-state index in [1.165, 1.54) is 0 Å². The van der Waals surface area contributed by atoms with Crippen molar-refractivity contribution in [3.63, 3.8) is 0 Å². The molecule has 7 nitrogen and oxygen atoms in total. The van der Waals surface area contributed by atoms with Crippen molar-refractivity contribution < 1.29 is 0 Å². The van der Waals surface area contributed by atoms with Crippen LogP contribution >= 0.6 is 0 Å². The van der Waals surface area contributed by atoms with E-state index in [1.54, 1.807) is 0 Å². The van der Waals surface area contributed by atoms with Crippen LogP contribution in [0.1, 0.15) is 0 Å². The highest BCUT2D eigenvalue weighted by Gasteiger charge is 2.14. The van der Waals surface area contributed by atoms with Crippen LogP contribution in [-0.2, 0) is 0 Å². The Morgan fingerprint density at radius 3 is 2.61 bits per heavy atom. The molecular formula is C11H11N7. The van der Waals surface area contributed by atoms with Crippen molar-refractivity contribution in [3.05, 3.63) is 30.3 Å². The van der Waals surface area contributed by atoms with Crippen LogP contribution in [0.4, 0.5) is 11.8 Å². The fraction of sp³-hybridized carbons (Fsp3) is 0. The quantitative estimate of drug-likeness (QED) is 0.391. The lowest BCUT2D eigenvalue weighted by molar-refractivity contribution is 1.08. The summed E-state index contributed by atoms with van der Waals surface area (Å²) in [5.41, 5.74) is 10.4. The molecule has 3 aromatic rings. The van der Waals surface area contributed by atoms with Crippen LogP contribution in [0.2, 0.25) is 0 Å². The van der Waals surface area contributed by atoms with Gasteiger partial charge in [0.05, 0.1) is 11.1 Å². The fourth-order valence-electron chi connectivity index (χ4n) is 1.82. The van der Waals surface area contributed by atoms with Crippen molar-refractivity contribution in [2.75, 3.05) is 11.2 Å². The van der Waals surface area contributed by atoms with Gasteiger partial charge in [-0.2, -0.15) is 10.1 Å². The number of aromatic nitrogens is 4. The normalized spacial score (nSPS) is 10.7. The topological polar surface area (TPSA) is 119 Å². The SMILES string of the molecule is NNc1nc(-c2ccccc2)c2c(N)[nH]nc2n1. The third-order valence-electron chi connectivity index (χ3n) is 2.62. The number of nitrogen functional groups attached to an aromatic ring is 2. The van der Waals surface area contributed by atoms with Crippen molar-refractivity contribution in [1.29, 1.82) is 0 Å². The highest BCUT2D eigenvalue weighted by Crippen LogP contribution is 2.29. The predicted molar refractivity (Wildman–Crippen MR) is 69.3 cm³/mol. The molecule has 0 aliphatic rings. The molecule has 2 heterocycles. The first-order chi connectivity index (χ1) is 8.79. The zero-order valence-corrected chi connectivity index (χ0v) is 9.38. The van der Waals surface area contributed by atoms with Crippen LogP contribution in [0.15, 0.2) is 30.3 Å². The molecule has 90 valence electrons. The first kappa shape index (κ1) is 10.5. The summed E-state index contributed by atoms with van der Waals surface area (Å²) < 4.78 is 0. The Hall–Kier alpha value is -2.67. The van der Waals surface area contributed by atoms with Crippen LogP contribution in [0.3, 0.4) is 0 Å². The van der Waals surface area contributed by atoms with Crippen LogP contribution < -0.4 is 17.0 Å². The third-order valence-corrected chi connectivity index (χ3v) is 2.62. The van der Waals surface area contributed by atoms with Gasteiger partial charge in [-0.3, -0.25) is 10.5 Å². The average Bonchev–Trinajstić information content (AvgIpc) is 2.80. The van der Waals surface area contributed by atoms with E-state index in [0.29, 0.717) is 28.5 Å². The molecule has 2 aromatic heterocycles. The standard InChI is InChI=1S/C11H11N7/c12-9-7-8(6-4-2-1-3-5-6)14-11(16-13)15-10(7)18-17-9/h1-5H,13H2,(H4,12,14,15,16,17,18). The van der Waals surface area contributed by atoms with Gasteiger partial charge < -0.3 is 5.73 Å². The number of benzene rings is 1. The fourth-order valence-corrected chi connectivity index (χ4v) is 1.82.